The normalized spacial score (nSPS) is 11.4. The van der Waals surface area contributed by atoms with Crippen LogP contribution in [0.5, 0.6) is 0 Å². The van der Waals surface area contributed by atoms with Crippen molar-refractivity contribution >= 4 is 17.3 Å². The van der Waals surface area contributed by atoms with E-state index in [-0.39, 0.29) is 5.56 Å². The molecule has 0 aliphatic carbocycles. The fraction of sp³-hybridized carbons (Fsp3) is 0.286. The van der Waals surface area contributed by atoms with Crippen LogP contribution >= 0.6 is 11.3 Å². The molecule has 0 fully saturated rings. The zero-order chi connectivity index (χ0) is 14.0. The summed E-state index contributed by atoms with van der Waals surface area (Å²) in [6.45, 7) is 5.24. The zero-order valence-electron chi connectivity index (χ0n) is 10.9. The molecule has 5 heteroatoms. The van der Waals surface area contributed by atoms with Crippen LogP contribution in [0, 0.1) is 5.82 Å². The number of hydrogen-bond acceptors (Lipinski definition) is 4. The molecule has 0 radical (unpaired) electrons. The highest BCUT2D eigenvalue weighted by Gasteiger charge is 2.24. The number of esters is 1. The predicted molar refractivity (Wildman–Crippen MR) is 72.7 cm³/mol. The SMILES string of the molecule is CC(C)(C)OC(=O)c1c(F)cccc1-c1cncs1. The number of carbonyl (C=O) groups excluding carboxylic acids is 1. The second-order valence-corrected chi connectivity index (χ2v) is 5.92. The Morgan fingerprint density at radius 3 is 2.68 bits per heavy atom. The Kier molecular flexibility index (Phi) is 3.66. The Labute approximate surface area is 115 Å². The van der Waals surface area contributed by atoms with Crippen molar-refractivity contribution in [3.8, 4) is 10.4 Å². The van der Waals surface area contributed by atoms with Crippen LogP contribution in [0.3, 0.4) is 0 Å². The maximum atomic E-state index is 14.0. The van der Waals surface area contributed by atoms with Crippen molar-refractivity contribution in [2.24, 2.45) is 0 Å². The van der Waals surface area contributed by atoms with Crippen molar-refractivity contribution in [2.45, 2.75) is 26.4 Å². The molecule has 0 bridgehead atoms. The van der Waals surface area contributed by atoms with Gasteiger partial charge in [-0.25, -0.2) is 9.18 Å². The lowest BCUT2D eigenvalue weighted by Gasteiger charge is -2.20. The average Bonchev–Trinajstić information content (AvgIpc) is 2.79. The van der Waals surface area contributed by atoms with E-state index in [0.29, 0.717) is 5.56 Å². The van der Waals surface area contributed by atoms with E-state index in [0.717, 1.165) is 4.88 Å². The fourth-order valence-electron chi connectivity index (χ4n) is 1.61. The van der Waals surface area contributed by atoms with Gasteiger partial charge in [0.1, 0.15) is 17.0 Å². The second kappa shape index (κ2) is 5.09. The summed E-state index contributed by atoms with van der Waals surface area (Å²) in [5.41, 5.74) is 1.45. The molecule has 100 valence electrons. The molecule has 1 aromatic carbocycles. The highest BCUT2D eigenvalue weighted by atomic mass is 32.1. The highest BCUT2D eigenvalue weighted by Crippen LogP contribution is 2.30. The molecule has 19 heavy (non-hydrogen) atoms. The van der Waals surface area contributed by atoms with Gasteiger partial charge in [0.15, 0.2) is 0 Å². The van der Waals surface area contributed by atoms with Crippen LogP contribution in [0.1, 0.15) is 31.1 Å². The Morgan fingerprint density at radius 2 is 2.11 bits per heavy atom. The molecule has 0 atom stereocenters. The predicted octanol–water partition coefficient (Wildman–Crippen LogP) is 3.90. The summed E-state index contributed by atoms with van der Waals surface area (Å²) in [6.07, 6.45) is 1.60. The molecular formula is C14H14FNO2S. The van der Waals surface area contributed by atoms with E-state index in [2.05, 4.69) is 4.98 Å². The maximum Gasteiger partial charge on any atom is 0.342 e. The summed E-state index contributed by atoms with van der Waals surface area (Å²) in [5.74, 6) is -1.24. The van der Waals surface area contributed by atoms with Gasteiger partial charge in [-0.15, -0.1) is 11.3 Å². The standard InChI is InChI=1S/C14H14FNO2S/c1-14(2,3)18-13(17)12-9(5-4-6-10(12)15)11-7-16-8-19-11/h4-8H,1-3H3. The van der Waals surface area contributed by atoms with E-state index in [1.807, 2.05) is 0 Å². The zero-order valence-corrected chi connectivity index (χ0v) is 11.8. The molecule has 0 aliphatic rings. The van der Waals surface area contributed by atoms with E-state index in [4.69, 9.17) is 4.74 Å². The molecule has 1 aromatic heterocycles. The van der Waals surface area contributed by atoms with E-state index >= 15 is 0 Å². The number of thiazole rings is 1. The molecular weight excluding hydrogens is 265 g/mol. The summed E-state index contributed by atoms with van der Waals surface area (Å²) in [4.78, 5) is 16.8. The first kappa shape index (κ1) is 13.7. The van der Waals surface area contributed by atoms with Crippen molar-refractivity contribution in [1.82, 2.24) is 4.98 Å². The third-order valence-electron chi connectivity index (χ3n) is 2.31. The van der Waals surface area contributed by atoms with Gasteiger partial charge < -0.3 is 4.74 Å². The van der Waals surface area contributed by atoms with Gasteiger partial charge in [0.05, 0.1) is 10.4 Å². The molecule has 2 rings (SSSR count). The molecule has 0 saturated heterocycles. The molecule has 3 nitrogen and oxygen atoms in total. The largest absolute Gasteiger partial charge is 0.456 e. The highest BCUT2D eigenvalue weighted by molar-refractivity contribution is 7.13. The van der Waals surface area contributed by atoms with Gasteiger partial charge in [0.25, 0.3) is 0 Å². The van der Waals surface area contributed by atoms with E-state index in [1.165, 1.54) is 17.4 Å². The number of rotatable bonds is 2. The van der Waals surface area contributed by atoms with Crippen LogP contribution in [0.2, 0.25) is 0 Å². The first-order chi connectivity index (χ1) is 8.88. The molecule has 0 aliphatic heterocycles. The van der Waals surface area contributed by atoms with E-state index in [9.17, 15) is 9.18 Å². The van der Waals surface area contributed by atoms with Crippen LogP contribution in [0.4, 0.5) is 4.39 Å². The third kappa shape index (κ3) is 3.17. The number of carbonyl (C=O) groups is 1. The Balaban J connectivity index is 2.47. The molecule has 0 spiro atoms. The minimum Gasteiger partial charge on any atom is -0.456 e. The van der Waals surface area contributed by atoms with Gasteiger partial charge in [-0.1, -0.05) is 12.1 Å². The van der Waals surface area contributed by atoms with Gasteiger partial charge in [-0.2, -0.15) is 0 Å². The van der Waals surface area contributed by atoms with Crippen molar-refractivity contribution in [3.05, 3.63) is 41.3 Å². The third-order valence-corrected chi connectivity index (χ3v) is 3.12. The second-order valence-electron chi connectivity index (χ2n) is 5.03. The summed E-state index contributed by atoms with van der Waals surface area (Å²) in [5, 5.41) is 0. The van der Waals surface area contributed by atoms with Gasteiger partial charge in [-0.05, 0) is 26.8 Å². The van der Waals surface area contributed by atoms with Crippen molar-refractivity contribution in [3.63, 3.8) is 0 Å². The lowest BCUT2D eigenvalue weighted by molar-refractivity contribution is 0.00658. The van der Waals surface area contributed by atoms with Crippen molar-refractivity contribution in [1.29, 1.82) is 0 Å². The molecule has 0 N–H and O–H groups in total. The van der Waals surface area contributed by atoms with Gasteiger partial charge >= 0.3 is 5.97 Å². The van der Waals surface area contributed by atoms with Crippen LogP contribution in [-0.2, 0) is 4.74 Å². The molecule has 0 saturated carbocycles. The van der Waals surface area contributed by atoms with Crippen LogP contribution in [0.25, 0.3) is 10.4 Å². The molecule has 2 aromatic rings. The number of nitrogens with zero attached hydrogens (tertiary/aromatic N) is 1. The maximum absolute atomic E-state index is 14.0. The van der Waals surface area contributed by atoms with E-state index in [1.54, 1.807) is 44.6 Å². The van der Waals surface area contributed by atoms with Gasteiger partial charge in [0, 0.05) is 11.8 Å². The van der Waals surface area contributed by atoms with Crippen LogP contribution < -0.4 is 0 Å². The summed E-state index contributed by atoms with van der Waals surface area (Å²) < 4.78 is 19.2. The monoisotopic (exact) mass is 279 g/mol. The minimum absolute atomic E-state index is 0.0401. The van der Waals surface area contributed by atoms with E-state index < -0.39 is 17.4 Å². The van der Waals surface area contributed by atoms with Crippen LogP contribution in [0.15, 0.2) is 29.9 Å². The van der Waals surface area contributed by atoms with Gasteiger partial charge in [-0.3, -0.25) is 4.98 Å². The summed E-state index contributed by atoms with van der Waals surface area (Å²) in [7, 11) is 0. The van der Waals surface area contributed by atoms with Crippen LogP contribution in [-0.4, -0.2) is 16.6 Å². The Bertz CT molecular complexity index is 588. The molecule has 0 amide bonds. The Morgan fingerprint density at radius 1 is 1.37 bits per heavy atom. The first-order valence-corrected chi connectivity index (χ1v) is 6.67. The van der Waals surface area contributed by atoms with Gasteiger partial charge in [0.2, 0.25) is 0 Å². The number of benzene rings is 1. The van der Waals surface area contributed by atoms with Crippen molar-refractivity contribution in [2.75, 3.05) is 0 Å². The van der Waals surface area contributed by atoms with Crippen molar-refractivity contribution < 1.29 is 13.9 Å². The lowest BCUT2D eigenvalue weighted by atomic mass is 10.1. The quantitative estimate of drug-likeness (QED) is 0.782. The number of ether oxygens (including phenoxy) is 1. The molecule has 0 unspecified atom stereocenters. The first-order valence-electron chi connectivity index (χ1n) is 5.79. The average molecular weight is 279 g/mol. The number of aromatic nitrogens is 1. The summed E-state index contributed by atoms with van der Waals surface area (Å²) in [6, 6.07) is 4.51. The number of hydrogen-bond donors (Lipinski definition) is 0. The fourth-order valence-corrected chi connectivity index (χ4v) is 2.27. The lowest BCUT2D eigenvalue weighted by Crippen LogP contribution is -2.24. The number of halogens is 1. The Hall–Kier alpha value is -1.75. The molecule has 1 heterocycles. The topological polar surface area (TPSA) is 39.2 Å². The minimum atomic E-state index is -0.662. The summed E-state index contributed by atoms with van der Waals surface area (Å²) >= 11 is 1.35. The smallest absolute Gasteiger partial charge is 0.342 e.